The number of amides is 1. The molecular weight excluding hydrogens is 349 g/mol. The highest BCUT2D eigenvalue weighted by atomic mass is 79.9. The van der Waals surface area contributed by atoms with E-state index in [9.17, 15) is 18.0 Å². The number of nitrogens with zero attached hydrogens (tertiary/aromatic N) is 1. The normalized spacial score (nSPS) is 11.5. The first kappa shape index (κ1) is 15.6. The number of alkyl halides is 3. The molecule has 1 N–H and O–H groups in total. The summed E-state index contributed by atoms with van der Waals surface area (Å²) in [5, 5.41) is 2.59. The SMILES string of the molecule is Cc1ccc(NC(=O)c2cccn2CC(F)(F)F)c(Br)c1. The number of anilines is 1. The number of aryl methyl sites for hydroxylation is 1. The molecular formula is C14H12BrF3N2O. The van der Waals surface area contributed by atoms with Gasteiger partial charge in [-0.15, -0.1) is 0 Å². The molecule has 0 aliphatic rings. The minimum atomic E-state index is -4.38. The zero-order chi connectivity index (χ0) is 15.6. The molecule has 0 radical (unpaired) electrons. The van der Waals surface area contributed by atoms with Crippen LogP contribution < -0.4 is 5.32 Å². The molecule has 3 nitrogen and oxygen atoms in total. The lowest BCUT2D eigenvalue weighted by Gasteiger charge is -2.12. The number of carbonyl (C=O) groups is 1. The Kier molecular flexibility index (Phi) is 4.41. The van der Waals surface area contributed by atoms with Crippen molar-refractivity contribution in [3.05, 3.63) is 52.3 Å². The van der Waals surface area contributed by atoms with Crippen LogP contribution in [0.4, 0.5) is 18.9 Å². The van der Waals surface area contributed by atoms with Crippen LogP contribution in [0.25, 0.3) is 0 Å². The summed E-state index contributed by atoms with van der Waals surface area (Å²) in [6.07, 6.45) is -3.15. The van der Waals surface area contributed by atoms with Crippen LogP contribution in [-0.2, 0) is 6.54 Å². The second kappa shape index (κ2) is 5.93. The van der Waals surface area contributed by atoms with Crippen LogP contribution in [0.5, 0.6) is 0 Å². The van der Waals surface area contributed by atoms with Crippen LogP contribution in [-0.4, -0.2) is 16.7 Å². The number of nitrogens with one attached hydrogen (secondary N) is 1. The van der Waals surface area contributed by atoms with Crippen molar-refractivity contribution >= 4 is 27.5 Å². The van der Waals surface area contributed by atoms with Gasteiger partial charge in [-0.2, -0.15) is 13.2 Å². The first-order valence-corrected chi connectivity index (χ1v) is 6.85. The predicted octanol–water partition coefficient (Wildman–Crippen LogP) is 4.37. The van der Waals surface area contributed by atoms with Gasteiger partial charge in [0, 0.05) is 10.7 Å². The second-order valence-corrected chi connectivity index (χ2v) is 5.43. The minimum Gasteiger partial charge on any atom is -0.334 e. The lowest BCUT2D eigenvalue weighted by Crippen LogP contribution is -2.23. The molecule has 0 spiro atoms. The molecule has 0 aliphatic carbocycles. The Morgan fingerprint density at radius 3 is 2.67 bits per heavy atom. The fourth-order valence-electron chi connectivity index (χ4n) is 1.86. The molecule has 0 saturated carbocycles. The molecule has 1 amide bonds. The van der Waals surface area contributed by atoms with E-state index in [-0.39, 0.29) is 5.69 Å². The van der Waals surface area contributed by atoms with Gasteiger partial charge in [-0.1, -0.05) is 6.07 Å². The summed E-state index contributed by atoms with van der Waals surface area (Å²) in [5.41, 5.74) is 1.46. The monoisotopic (exact) mass is 360 g/mol. The number of aromatic nitrogens is 1. The molecule has 0 saturated heterocycles. The van der Waals surface area contributed by atoms with E-state index in [4.69, 9.17) is 0 Å². The summed E-state index contributed by atoms with van der Waals surface area (Å²) in [6.45, 7) is 0.697. The van der Waals surface area contributed by atoms with Crippen molar-refractivity contribution in [2.45, 2.75) is 19.6 Å². The molecule has 2 rings (SSSR count). The highest BCUT2D eigenvalue weighted by molar-refractivity contribution is 9.10. The maximum Gasteiger partial charge on any atom is 0.406 e. The number of carbonyl (C=O) groups excluding carboxylic acids is 1. The number of halogens is 4. The lowest BCUT2D eigenvalue weighted by molar-refractivity contribution is -0.140. The van der Waals surface area contributed by atoms with Gasteiger partial charge in [0.2, 0.25) is 0 Å². The van der Waals surface area contributed by atoms with E-state index in [1.54, 1.807) is 12.1 Å². The number of hydrogen-bond donors (Lipinski definition) is 1. The van der Waals surface area contributed by atoms with Gasteiger partial charge in [0.05, 0.1) is 5.69 Å². The minimum absolute atomic E-state index is 0.0419. The molecule has 0 fully saturated rings. The third kappa shape index (κ3) is 4.10. The third-order valence-corrected chi connectivity index (χ3v) is 3.44. The summed E-state index contributed by atoms with van der Waals surface area (Å²) < 4.78 is 38.9. The standard InChI is InChI=1S/C14H12BrF3N2O/c1-9-4-5-11(10(15)7-9)19-13(21)12-3-2-6-20(12)8-14(16,17)18/h2-7H,8H2,1H3,(H,19,21). The van der Waals surface area contributed by atoms with Crippen LogP contribution in [0.3, 0.4) is 0 Å². The van der Waals surface area contributed by atoms with Crippen LogP contribution in [0.1, 0.15) is 16.1 Å². The summed E-state index contributed by atoms with van der Waals surface area (Å²) >= 11 is 3.30. The third-order valence-electron chi connectivity index (χ3n) is 2.78. The maximum atomic E-state index is 12.4. The van der Waals surface area contributed by atoms with Crippen molar-refractivity contribution in [1.29, 1.82) is 0 Å². The van der Waals surface area contributed by atoms with Crippen molar-refractivity contribution in [2.75, 3.05) is 5.32 Å². The van der Waals surface area contributed by atoms with Crippen molar-refractivity contribution in [1.82, 2.24) is 4.57 Å². The van der Waals surface area contributed by atoms with Crippen LogP contribution in [0, 0.1) is 6.92 Å². The Balaban J connectivity index is 2.19. The van der Waals surface area contributed by atoms with E-state index >= 15 is 0 Å². The molecule has 7 heteroatoms. The summed E-state index contributed by atoms with van der Waals surface area (Å²) in [5.74, 6) is -0.589. The first-order valence-electron chi connectivity index (χ1n) is 6.06. The zero-order valence-corrected chi connectivity index (χ0v) is 12.6. The van der Waals surface area contributed by atoms with Gasteiger partial charge in [-0.05, 0) is 52.7 Å². The fourth-order valence-corrected chi connectivity index (χ4v) is 2.45. The molecule has 0 bridgehead atoms. The van der Waals surface area contributed by atoms with Crippen LogP contribution in [0.15, 0.2) is 41.0 Å². The lowest BCUT2D eigenvalue weighted by atomic mass is 10.2. The number of hydrogen-bond acceptors (Lipinski definition) is 1. The molecule has 1 heterocycles. The second-order valence-electron chi connectivity index (χ2n) is 4.57. The van der Waals surface area contributed by atoms with Crippen LogP contribution in [0.2, 0.25) is 0 Å². The smallest absolute Gasteiger partial charge is 0.334 e. The van der Waals surface area contributed by atoms with Gasteiger partial charge >= 0.3 is 6.18 Å². The first-order chi connectivity index (χ1) is 9.76. The van der Waals surface area contributed by atoms with E-state index in [0.717, 1.165) is 10.1 Å². The molecule has 1 aromatic heterocycles. The Morgan fingerprint density at radius 1 is 1.33 bits per heavy atom. The molecule has 21 heavy (non-hydrogen) atoms. The van der Waals surface area contributed by atoms with Gasteiger partial charge in [-0.3, -0.25) is 4.79 Å². The van der Waals surface area contributed by atoms with E-state index < -0.39 is 18.6 Å². The fraction of sp³-hybridized carbons (Fsp3) is 0.214. The van der Waals surface area contributed by atoms with Gasteiger partial charge in [0.1, 0.15) is 12.2 Å². The molecule has 0 aliphatic heterocycles. The van der Waals surface area contributed by atoms with Crippen molar-refractivity contribution in [3.63, 3.8) is 0 Å². The van der Waals surface area contributed by atoms with Crippen molar-refractivity contribution in [3.8, 4) is 0 Å². The average molecular weight is 361 g/mol. The predicted molar refractivity (Wildman–Crippen MR) is 77.3 cm³/mol. The molecule has 0 atom stereocenters. The van der Waals surface area contributed by atoms with Crippen molar-refractivity contribution in [2.24, 2.45) is 0 Å². The average Bonchev–Trinajstić information content (AvgIpc) is 2.78. The molecule has 112 valence electrons. The molecule has 0 unspecified atom stereocenters. The zero-order valence-electron chi connectivity index (χ0n) is 11.0. The number of benzene rings is 1. The van der Waals surface area contributed by atoms with E-state index in [2.05, 4.69) is 21.2 Å². The van der Waals surface area contributed by atoms with Gasteiger partial charge in [-0.25, -0.2) is 0 Å². The van der Waals surface area contributed by atoms with Gasteiger partial charge in [0.15, 0.2) is 0 Å². The summed E-state index contributed by atoms with van der Waals surface area (Å²) in [4.78, 5) is 12.1. The Bertz CT molecular complexity index is 664. The van der Waals surface area contributed by atoms with E-state index in [1.165, 1.54) is 18.3 Å². The number of rotatable bonds is 3. The topological polar surface area (TPSA) is 34.0 Å². The molecule has 2 aromatic rings. The highest BCUT2D eigenvalue weighted by Crippen LogP contribution is 2.24. The quantitative estimate of drug-likeness (QED) is 0.865. The van der Waals surface area contributed by atoms with E-state index in [1.807, 2.05) is 13.0 Å². The maximum absolute atomic E-state index is 12.4. The van der Waals surface area contributed by atoms with Crippen molar-refractivity contribution < 1.29 is 18.0 Å². The highest BCUT2D eigenvalue weighted by Gasteiger charge is 2.29. The van der Waals surface area contributed by atoms with Gasteiger partial charge in [0.25, 0.3) is 5.91 Å². The Hall–Kier alpha value is -1.76. The summed E-state index contributed by atoms with van der Waals surface area (Å²) in [6, 6.07) is 8.06. The summed E-state index contributed by atoms with van der Waals surface area (Å²) in [7, 11) is 0. The Morgan fingerprint density at radius 2 is 2.05 bits per heavy atom. The molecule has 1 aromatic carbocycles. The van der Waals surface area contributed by atoms with Crippen LogP contribution >= 0.6 is 15.9 Å². The van der Waals surface area contributed by atoms with E-state index in [0.29, 0.717) is 10.2 Å². The Labute approximate surface area is 127 Å². The largest absolute Gasteiger partial charge is 0.406 e. The van der Waals surface area contributed by atoms with Gasteiger partial charge < -0.3 is 9.88 Å².